The summed E-state index contributed by atoms with van der Waals surface area (Å²) < 4.78 is 5.24. The van der Waals surface area contributed by atoms with Crippen molar-refractivity contribution in [2.24, 2.45) is 0 Å². The number of piperazine rings is 1. The minimum Gasteiger partial charge on any atom is -0.497 e. The highest BCUT2D eigenvalue weighted by Gasteiger charge is 2.29. The Balaban J connectivity index is 1.25. The summed E-state index contributed by atoms with van der Waals surface area (Å²) in [7, 11) is 1.63. The van der Waals surface area contributed by atoms with E-state index in [-0.39, 0.29) is 11.9 Å². The average Bonchev–Trinajstić information content (AvgIpc) is 2.81. The van der Waals surface area contributed by atoms with Crippen LogP contribution in [0.15, 0.2) is 42.5 Å². The molecule has 2 aliphatic rings. The number of nitrogens with zero attached hydrogens (tertiary/aromatic N) is 2. The van der Waals surface area contributed by atoms with Crippen LogP contribution in [0.1, 0.15) is 47.2 Å². The molecule has 0 atom stereocenters. The van der Waals surface area contributed by atoms with E-state index in [2.05, 4.69) is 47.2 Å². The molecule has 0 radical (unpaired) electrons. The van der Waals surface area contributed by atoms with Crippen LogP contribution in [0, 0.1) is 13.8 Å². The van der Waals surface area contributed by atoms with Gasteiger partial charge in [0.15, 0.2) is 0 Å². The van der Waals surface area contributed by atoms with Crippen LogP contribution in [0.4, 0.5) is 5.69 Å². The SMILES string of the molecule is COc1cccc(C(=O)NC2CCC(N3CCN(c4cccc(C)c4C)CC3)CC2)c1. The third-order valence-electron chi connectivity index (χ3n) is 7.11. The molecule has 1 aliphatic carbocycles. The number of methoxy groups -OCH3 is 1. The number of amides is 1. The molecule has 0 bridgehead atoms. The van der Waals surface area contributed by atoms with Crippen LogP contribution in [0.25, 0.3) is 0 Å². The molecule has 2 aromatic rings. The van der Waals surface area contributed by atoms with Gasteiger partial charge in [0.1, 0.15) is 5.75 Å². The maximum atomic E-state index is 12.6. The highest BCUT2D eigenvalue weighted by atomic mass is 16.5. The lowest BCUT2D eigenvalue weighted by Gasteiger charge is -2.43. The molecule has 166 valence electrons. The van der Waals surface area contributed by atoms with Crippen molar-refractivity contribution >= 4 is 11.6 Å². The van der Waals surface area contributed by atoms with E-state index in [1.165, 1.54) is 16.8 Å². The van der Waals surface area contributed by atoms with Gasteiger partial charge in [-0.3, -0.25) is 9.69 Å². The first-order valence-corrected chi connectivity index (χ1v) is 11.6. The topological polar surface area (TPSA) is 44.8 Å². The zero-order chi connectivity index (χ0) is 21.8. The zero-order valence-corrected chi connectivity index (χ0v) is 19.1. The van der Waals surface area contributed by atoms with Gasteiger partial charge in [0, 0.05) is 49.5 Å². The fourth-order valence-corrected chi connectivity index (χ4v) is 5.02. The van der Waals surface area contributed by atoms with Crippen molar-refractivity contribution in [2.45, 2.75) is 51.6 Å². The Morgan fingerprint density at radius 2 is 1.68 bits per heavy atom. The molecule has 2 fully saturated rings. The zero-order valence-electron chi connectivity index (χ0n) is 19.1. The van der Waals surface area contributed by atoms with Crippen molar-refractivity contribution < 1.29 is 9.53 Å². The number of rotatable bonds is 5. The molecule has 2 aromatic carbocycles. The predicted molar refractivity (Wildman–Crippen MR) is 126 cm³/mol. The number of ether oxygens (including phenoxy) is 1. The van der Waals surface area contributed by atoms with E-state index >= 15 is 0 Å². The molecule has 1 heterocycles. The number of anilines is 1. The van der Waals surface area contributed by atoms with Crippen LogP contribution in [0.5, 0.6) is 5.75 Å². The Labute approximate surface area is 186 Å². The van der Waals surface area contributed by atoms with Crippen molar-refractivity contribution in [3.8, 4) is 5.75 Å². The van der Waals surface area contributed by atoms with Gasteiger partial charge in [-0.15, -0.1) is 0 Å². The molecule has 0 unspecified atom stereocenters. The second-order valence-corrected chi connectivity index (χ2v) is 8.95. The van der Waals surface area contributed by atoms with Crippen molar-refractivity contribution in [3.63, 3.8) is 0 Å². The Bertz CT molecular complexity index is 897. The van der Waals surface area contributed by atoms with E-state index in [0.717, 1.165) is 57.6 Å². The van der Waals surface area contributed by atoms with Gasteiger partial charge in [-0.25, -0.2) is 0 Å². The standard InChI is InChI=1S/C26H35N3O2/c1-19-6-4-9-25(20(19)2)29-16-14-28(15-17-29)23-12-10-22(11-13-23)27-26(30)21-7-5-8-24(18-21)31-3/h4-9,18,22-23H,10-17H2,1-3H3,(H,27,30). The fraction of sp³-hybridized carbons (Fsp3) is 0.500. The molecule has 4 rings (SSSR count). The third-order valence-corrected chi connectivity index (χ3v) is 7.11. The van der Waals surface area contributed by atoms with Crippen molar-refractivity contribution in [2.75, 3.05) is 38.2 Å². The summed E-state index contributed by atoms with van der Waals surface area (Å²) >= 11 is 0. The number of nitrogens with one attached hydrogen (secondary N) is 1. The van der Waals surface area contributed by atoms with Crippen LogP contribution in [-0.2, 0) is 0 Å². The highest BCUT2D eigenvalue weighted by Crippen LogP contribution is 2.28. The average molecular weight is 422 g/mol. The van der Waals surface area contributed by atoms with Gasteiger partial charge in [-0.05, 0) is 74.9 Å². The molecule has 31 heavy (non-hydrogen) atoms. The maximum Gasteiger partial charge on any atom is 0.251 e. The first-order valence-electron chi connectivity index (χ1n) is 11.6. The third kappa shape index (κ3) is 5.04. The maximum absolute atomic E-state index is 12.6. The lowest BCUT2D eigenvalue weighted by atomic mass is 9.89. The van der Waals surface area contributed by atoms with E-state index in [4.69, 9.17) is 4.74 Å². The van der Waals surface area contributed by atoms with Gasteiger partial charge in [-0.1, -0.05) is 18.2 Å². The molecule has 1 amide bonds. The molecule has 1 N–H and O–H groups in total. The molecular formula is C26H35N3O2. The summed E-state index contributed by atoms with van der Waals surface area (Å²) in [5.41, 5.74) is 4.84. The summed E-state index contributed by atoms with van der Waals surface area (Å²) in [5.74, 6) is 0.723. The Kier molecular flexibility index (Phi) is 6.81. The summed E-state index contributed by atoms with van der Waals surface area (Å²) in [6.45, 7) is 8.87. The predicted octanol–water partition coefficient (Wildman–Crippen LogP) is 4.18. The van der Waals surface area contributed by atoms with Crippen molar-refractivity contribution in [3.05, 3.63) is 59.2 Å². The largest absolute Gasteiger partial charge is 0.497 e. The smallest absolute Gasteiger partial charge is 0.251 e. The van der Waals surface area contributed by atoms with Crippen LogP contribution in [0.3, 0.4) is 0 Å². The second kappa shape index (κ2) is 9.73. The number of hydrogen-bond donors (Lipinski definition) is 1. The van der Waals surface area contributed by atoms with Crippen molar-refractivity contribution in [1.29, 1.82) is 0 Å². The molecule has 1 saturated heterocycles. The Morgan fingerprint density at radius 1 is 0.968 bits per heavy atom. The van der Waals surface area contributed by atoms with Crippen LogP contribution in [-0.4, -0.2) is 56.2 Å². The number of hydrogen-bond acceptors (Lipinski definition) is 4. The van der Waals surface area contributed by atoms with Crippen LogP contribution in [0.2, 0.25) is 0 Å². The fourth-order valence-electron chi connectivity index (χ4n) is 5.02. The van der Waals surface area contributed by atoms with Gasteiger partial charge < -0.3 is 15.0 Å². The number of carbonyl (C=O) groups excluding carboxylic acids is 1. The molecule has 0 spiro atoms. The first kappa shape index (κ1) is 21.7. The first-order chi connectivity index (χ1) is 15.0. The van der Waals surface area contributed by atoms with Gasteiger partial charge in [0.2, 0.25) is 0 Å². The van der Waals surface area contributed by atoms with E-state index in [0.29, 0.717) is 11.6 Å². The minimum atomic E-state index is 0.00416. The molecule has 5 nitrogen and oxygen atoms in total. The summed E-state index contributed by atoms with van der Waals surface area (Å²) in [6, 6.07) is 14.9. The van der Waals surface area contributed by atoms with E-state index in [1.54, 1.807) is 13.2 Å². The summed E-state index contributed by atoms with van der Waals surface area (Å²) in [5, 5.41) is 3.23. The highest BCUT2D eigenvalue weighted by molar-refractivity contribution is 5.94. The Hall–Kier alpha value is -2.53. The van der Waals surface area contributed by atoms with Gasteiger partial charge in [0.25, 0.3) is 5.91 Å². The summed E-state index contributed by atoms with van der Waals surface area (Å²) in [6.07, 6.45) is 4.42. The van der Waals surface area contributed by atoms with E-state index in [1.807, 2.05) is 18.2 Å². The Morgan fingerprint density at radius 3 is 2.39 bits per heavy atom. The van der Waals surface area contributed by atoms with Gasteiger partial charge in [0.05, 0.1) is 7.11 Å². The van der Waals surface area contributed by atoms with Crippen LogP contribution < -0.4 is 15.0 Å². The van der Waals surface area contributed by atoms with Crippen LogP contribution >= 0.6 is 0 Å². The quantitative estimate of drug-likeness (QED) is 0.787. The molecule has 1 saturated carbocycles. The van der Waals surface area contributed by atoms with E-state index in [9.17, 15) is 4.79 Å². The minimum absolute atomic E-state index is 0.00416. The molecule has 0 aromatic heterocycles. The summed E-state index contributed by atoms with van der Waals surface area (Å²) in [4.78, 5) is 17.8. The second-order valence-electron chi connectivity index (χ2n) is 8.95. The monoisotopic (exact) mass is 421 g/mol. The molecule has 5 heteroatoms. The number of carbonyl (C=O) groups is 1. The molecule has 1 aliphatic heterocycles. The van der Waals surface area contributed by atoms with Gasteiger partial charge >= 0.3 is 0 Å². The number of benzene rings is 2. The van der Waals surface area contributed by atoms with Crippen molar-refractivity contribution in [1.82, 2.24) is 10.2 Å². The molecular weight excluding hydrogens is 386 g/mol. The van der Waals surface area contributed by atoms with E-state index < -0.39 is 0 Å². The lowest BCUT2D eigenvalue weighted by Crippen LogP contribution is -2.52. The van der Waals surface area contributed by atoms with Gasteiger partial charge in [-0.2, -0.15) is 0 Å². The lowest BCUT2D eigenvalue weighted by molar-refractivity contribution is 0.0898. The number of aryl methyl sites for hydroxylation is 1. The normalized spacial score (nSPS) is 22.2.